The van der Waals surface area contributed by atoms with Crippen LogP contribution in [0.15, 0.2) is 0 Å². The van der Waals surface area contributed by atoms with E-state index in [1.54, 1.807) is 0 Å². The molecule has 102 valence electrons. The minimum atomic E-state index is -0.524. The largest absolute Gasteiger partial charge is 0.466 e. The zero-order chi connectivity index (χ0) is 13.1. The quantitative estimate of drug-likeness (QED) is 0.473. The molecule has 0 atom stereocenters. The summed E-state index contributed by atoms with van der Waals surface area (Å²) in [7, 11) is 0. The van der Waals surface area contributed by atoms with Crippen molar-refractivity contribution in [1.29, 1.82) is 0 Å². The standard InChI is InChI=1S/C14H28O3/c1-4-17-13(15)11-9-7-5-6-8-10-12-14(2,3)16/h16H,4-12H2,1-3H3. The third-order valence-electron chi connectivity index (χ3n) is 2.72. The van der Waals surface area contributed by atoms with Gasteiger partial charge in [-0.1, -0.05) is 32.1 Å². The normalized spacial score (nSPS) is 11.5. The fourth-order valence-corrected chi connectivity index (χ4v) is 1.77. The number of carbonyl (C=O) groups excluding carboxylic acids is 1. The Hall–Kier alpha value is -0.570. The predicted molar refractivity (Wildman–Crippen MR) is 69.9 cm³/mol. The molecule has 0 unspecified atom stereocenters. The highest BCUT2D eigenvalue weighted by atomic mass is 16.5. The van der Waals surface area contributed by atoms with Crippen LogP contribution in [0.5, 0.6) is 0 Å². The van der Waals surface area contributed by atoms with E-state index in [2.05, 4.69) is 0 Å². The predicted octanol–water partition coefficient (Wildman–Crippen LogP) is 3.44. The van der Waals surface area contributed by atoms with E-state index in [1.807, 2.05) is 20.8 Å². The molecule has 3 nitrogen and oxygen atoms in total. The highest BCUT2D eigenvalue weighted by Crippen LogP contribution is 2.15. The molecule has 0 aliphatic rings. The van der Waals surface area contributed by atoms with Gasteiger partial charge < -0.3 is 9.84 Å². The molecule has 0 aromatic rings. The molecule has 0 aromatic carbocycles. The molecular formula is C14H28O3. The molecule has 17 heavy (non-hydrogen) atoms. The molecule has 0 bridgehead atoms. The molecule has 0 saturated carbocycles. The Labute approximate surface area is 106 Å². The second-order valence-electron chi connectivity index (χ2n) is 5.24. The first kappa shape index (κ1) is 16.4. The Morgan fingerprint density at radius 1 is 1.06 bits per heavy atom. The van der Waals surface area contributed by atoms with E-state index < -0.39 is 5.60 Å². The zero-order valence-corrected chi connectivity index (χ0v) is 11.6. The van der Waals surface area contributed by atoms with Gasteiger partial charge in [0.2, 0.25) is 0 Å². The summed E-state index contributed by atoms with van der Waals surface area (Å²) >= 11 is 0. The van der Waals surface area contributed by atoms with Gasteiger partial charge in [0.15, 0.2) is 0 Å². The number of hydrogen-bond donors (Lipinski definition) is 1. The Balaban J connectivity index is 3.16. The molecule has 0 heterocycles. The second-order valence-corrected chi connectivity index (χ2v) is 5.24. The fraction of sp³-hybridized carbons (Fsp3) is 0.929. The van der Waals surface area contributed by atoms with Gasteiger partial charge in [0, 0.05) is 6.42 Å². The molecule has 0 spiro atoms. The third kappa shape index (κ3) is 13.4. The first-order valence-corrected chi connectivity index (χ1v) is 6.83. The third-order valence-corrected chi connectivity index (χ3v) is 2.72. The topological polar surface area (TPSA) is 46.5 Å². The van der Waals surface area contributed by atoms with Gasteiger partial charge in [-0.25, -0.2) is 0 Å². The molecule has 0 aliphatic heterocycles. The van der Waals surface area contributed by atoms with Crippen LogP contribution in [-0.2, 0) is 9.53 Å². The summed E-state index contributed by atoms with van der Waals surface area (Å²) in [6, 6.07) is 0. The van der Waals surface area contributed by atoms with Gasteiger partial charge >= 0.3 is 5.97 Å². The Kier molecular flexibility index (Phi) is 9.14. The van der Waals surface area contributed by atoms with E-state index in [4.69, 9.17) is 4.74 Å². The van der Waals surface area contributed by atoms with Gasteiger partial charge in [-0.3, -0.25) is 4.79 Å². The monoisotopic (exact) mass is 244 g/mol. The molecular weight excluding hydrogens is 216 g/mol. The average molecular weight is 244 g/mol. The van der Waals surface area contributed by atoms with Crippen molar-refractivity contribution in [3.8, 4) is 0 Å². The van der Waals surface area contributed by atoms with Crippen LogP contribution in [0.1, 0.15) is 72.1 Å². The van der Waals surface area contributed by atoms with E-state index in [-0.39, 0.29) is 5.97 Å². The number of ether oxygens (including phenoxy) is 1. The first-order chi connectivity index (χ1) is 7.95. The van der Waals surface area contributed by atoms with E-state index in [0.717, 1.165) is 25.7 Å². The minimum absolute atomic E-state index is 0.0745. The molecule has 0 amide bonds. The Morgan fingerprint density at radius 3 is 2.12 bits per heavy atom. The molecule has 0 aromatic heterocycles. The van der Waals surface area contributed by atoms with Crippen LogP contribution in [0.25, 0.3) is 0 Å². The summed E-state index contributed by atoms with van der Waals surface area (Å²) < 4.78 is 4.86. The molecule has 3 heteroatoms. The summed E-state index contributed by atoms with van der Waals surface area (Å²) in [4.78, 5) is 11.0. The van der Waals surface area contributed by atoms with Crippen LogP contribution in [0.2, 0.25) is 0 Å². The van der Waals surface area contributed by atoms with Crippen LogP contribution in [0, 0.1) is 0 Å². The van der Waals surface area contributed by atoms with E-state index >= 15 is 0 Å². The van der Waals surface area contributed by atoms with E-state index in [9.17, 15) is 9.90 Å². The Morgan fingerprint density at radius 2 is 1.59 bits per heavy atom. The number of carbonyl (C=O) groups is 1. The van der Waals surface area contributed by atoms with Crippen molar-refractivity contribution in [2.45, 2.75) is 77.7 Å². The maximum absolute atomic E-state index is 11.0. The van der Waals surface area contributed by atoms with Gasteiger partial charge in [0.05, 0.1) is 12.2 Å². The number of unbranched alkanes of at least 4 members (excludes halogenated alkanes) is 5. The van der Waals surface area contributed by atoms with Crippen molar-refractivity contribution in [2.75, 3.05) is 6.61 Å². The number of aliphatic hydroxyl groups is 1. The zero-order valence-electron chi connectivity index (χ0n) is 11.6. The minimum Gasteiger partial charge on any atom is -0.466 e. The van der Waals surface area contributed by atoms with Crippen molar-refractivity contribution in [3.63, 3.8) is 0 Å². The molecule has 0 radical (unpaired) electrons. The van der Waals surface area contributed by atoms with Crippen molar-refractivity contribution in [2.24, 2.45) is 0 Å². The van der Waals surface area contributed by atoms with Gasteiger partial charge in [-0.15, -0.1) is 0 Å². The van der Waals surface area contributed by atoms with Gasteiger partial charge in [-0.2, -0.15) is 0 Å². The van der Waals surface area contributed by atoms with Gasteiger partial charge in [-0.05, 0) is 33.6 Å². The fourth-order valence-electron chi connectivity index (χ4n) is 1.77. The maximum atomic E-state index is 11.0. The lowest BCUT2D eigenvalue weighted by molar-refractivity contribution is -0.143. The summed E-state index contributed by atoms with van der Waals surface area (Å²) in [5.74, 6) is -0.0745. The molecule has 0 rings (SSSR count). The summed E-state index contributed by atoms with van der Waals surface area (Å²) in [5, 5.41) is 9.52. The van der Waals surface area contributed by atoms with E-state index in [1.165, 1.54) is 19.3 Å². The summed E-state index contributed by atoms with van der Waals surface area (Å²) in [6.45, 7) is 6.02. The lowest BCUT2D eigenvalue weighted by Gasteiger charge is -2.16. The molecule has 0 fully saturated rings. The highest BCUT2D eigenvalue weighted by Gasteiger charge is 2.10. The number of esters is 1. The molecule has 1 N–H and O–H groups in total. The molecule has 0 saturated heterocycles. The van der Waals surface area contributed by atoms with Crippen LogP contribution >= 0.6 is 0 Å². The van der Waals surface area contributed by atoms with Crippen LogP contribution < -0.4 is 0 Å². The smallest absolute Gasteiger partial charge is 0.305 e. The van der Waals surface area contributed by atoms with Crippen molar-refractivity contribution in [3.05, 3.63) is 0 Å². The summed E-state index contributed by atoms with van der Waals surface area (Å²) in [6.07, 6.45) is 8.08. The van der Waals surface area contributed by atoms with Gasteiger partial charge in [0.25, 0.3) is 0 Å². The maximum Gasteiger partial charge on any atom is 0.305 e. The number of hydrogen-bond acceptors (Lipinski definition) is 3. The SMILES string of the molecule is CCOC(=O)CCCCCCCCC(C)(C)O. The van der Waals surface area contributed by atoms with Crippen LogP contribution in [0.4, 0.5) is 0 Å². The van der Waals surface area contributed by atoms with Crippen molar-refractivity contribution < 1.29 is 14.6 Å². The van der Waals surface area contributed by atoms with Gasteiger partial charge in [0.1, 0.15) is 0 Å². The molecule has 0 aliphatic carbocycles. The van der Waals surface area contributed by atoms with Crippen LogP contribution in [-0.4, -0.2) is 23.3 Å². The Bertz CT molecular complexity index is 194. The lowest BCUT2D eigenvalue weighted by atomic mass is 10.00. The summed E-state index contributed by atoms with van der Waals surface area (Å²) in [5.41, 5.74) is -0.524. The van der Waals surface area contributed by atoms with E-state index in [0.29, 0.717) is 13.0 Å². The van der Waals surface area contributed by atoms with Crippen molar-refractivity contribution >= 4 is 5.97 Å². The van der Waals surface area contributed by atoms with Crippen LogP contribution in [0.3, 0.4) is 0 Å². The highest BCUT2D eigenvalue weighted by molar-refractivity contribution is 5.69. The first-order valence-electron chi connectivity index (χ1n) is 6.83. The average Bonchev–Trinajstić information content (AvgIpc) is 2.21. The second kappa shape index (κ2) is 9.46. The van der Waals surface area contributed by atoms with Crippen molar-refractivity contribution in [1.82, 2.24) is 0 Å². The lowest BCUT2D eigenvalue weighted by Crippen LogP contribution is -2.17. The number of rotatable bonds is 10.